The van der Waals surface area contributed by atoms with Crippen molar-refractivity contribution in [1.29, 1.82) is 0 Å². The normalized spacial score (nSPS) is 19.2. The molecule has 0 saturated carbocycles. The van der Waals surface area contributed by atoms with Crippen molar-refractivity contribution in [3.63, 3.8) is 0 Å². The first-order chi connectivity index (χ1) is 10.6. The number of aromatic nitrogens is 3. The molecule has 1 aromatic carbocycles. The van der Waals surface area contributed by atoms with Crippen LogP contribution >= 0.6 is 0 Å². The molecule has 3 rings (SSSR count). The molecule has 0 bridgehead atoms. The van der Waals surface area contributed by atoms with Gasteiger partial charge in [0.2, 0.25) is 5.91 Å². The van der Waals surface area contributed by atoms with Crippen molar-refractivity contribution >= 4 is 16.8 Å². The molecule has 2 heterocycles. The number of fused-ring (bicyclic) bond motifs is 1. The number of hydrogen-bond acceptors (Lipinski definition) is 5. The fourth-order valence-corrected chi connectivity index (χ4v) is 2.65. The Morgan fingerprint density at radius 1 is 1.50 bits per heavy atom. The van der Waals surface area contributed by atoms with Crippen LogP contribution in [0.15, 0.2) is 29.1 Å². The average molecular weight is 302 g/mol. The minimum Gasteiger partial charge on any atom is -0.376 e. The molecule has 1 amide bonds. The maximum atomic E-state index is 12.3. The quantitative estimate of drug-likeness (QED) is 0.887. The fraction of sp³-hybridized carbons (Fsp3) is 0.467. The van der Waals surface area contributed by atoms with Gasteiger partial charge in [-0.3, -0.25) is 9.59 Å². The lowest BCUT2D eigenvalue weighted by molar-refractivity contribution is -0.123. The van der Waals surface area contributed by atoms with E-state index in [-0.39, 0.29) is 30.2 Å². The summed E-state index contributed by atoms with van der Waals surface area (Å²) in [6, 6.07) is 6.86. The van der Waals surface area contributed by atoms with Crippen molar-refractivity contribution in [2.45, 2.75) is 38.5 Å². The van der Waals surface area contributed by atoms with E-state index in [0.717, 1.165) is 24.1 Å². The topological polar surface area (TPSA) is 86.1 Å². The second-order valence-electron chi connectivity index (χ2n) is 5.48. The van der Waals surface area contributed by atoms with Crippen LogP contribution in [0.1, 0.15) is 19.8 Å². The van der Waals surface area contributed by atoms with Gasteiger partial charge in [0.05, 0.1) is 17.5 Å². The Morgan fingerprint density at radius 2 is 2.32 bits per heavy atom. The largest absolute Gasteiger partial charge is 0.376 e. The van der Waals surface area contributed by atoms with E-state index < -0.39 is 0 Å². The fourth-order valence-electron chi connectivity index (χ4n) is 2.65. The van der Waals surface area contributed by atoms with E-state index in [1.165, 1.54) is 0 Å². The van der Waals surface area contributed by atoms with Crippen LogP contribution in [0.5, 0.6) is 0 Å². The monoisotopic (exact) mass is 302 g/mol. The number of ether oxygens (including phenoxy) is 1. The Bertz CT molecular complexity index is 737. The number of rotatable bonds is 4. The Morgan fingerprint density at radius 3 is 3.09 bits per heavy atom. The van der Waals surface area contributed by atoms with Gasteiger partial charge >= 0.3 is 0 Å². The number of hydrogen-bond donors (Lipinski definition) is 1. The first kappa shape index (κ1) is 14.6. The molecule has 1 aromatic heterocycles. The molecule has 7 nitrogen and oxygen atoms in total. The summed E-state index contributed by atoms with van der Waals surface area (Å²) < 4.78 is 6.62. The zero-order valence-corrected chi connectivity index (χ0v) is 12.4. The smallest absolute Gasteiger partial charge is 0.278 e. The third-order valence-electron chi connectivity index (χ3n) is 3.83. The van der Waals surface area contributed by atoms with Crippen LogP contribution in [0.4, 0.5) is 0 Å². The predicted octanol–water partition coefficient (Wildman–Crippen LogP) is 0.475. The number of benzene rings is 1. The summed E-state index contributed by atoms with van der Waals surface area (Å²) in [5.74, 6) is -0.269. The molecule has 1 aliphatic rings. The van der Waals surface area contributed by atoms with E-state index in [9.17, 15) is 9.59 Å². The van der Waals surface area contributed by atoms with Gasteiger partial charge in [0, 0.05) is 6.61 Å². The minimum atomic E-state index is -0.314. The highest BCUT2D eigenvalue weighted by Gasteiger charge is 2.23. The van der Waals surface area contributed by atoms with E-state index in [4.69, 9.17) is 4.74 Å². The Hall–Kier alpha value is -2.28. The number of carbonyl (C=O) groups excluding carboxylic acids is 1. The molecule has 0 spiro atoms. The minimum absolute atomic E-state index is 0.0448. The first-order valence-electron chi connectivity index (χ1n) is 7.38. The van der Waals surface area contributed by atoms with Crippen molar-refractivity contribution in [2.24, 2.45) is 0 Å². The molecule has 1 fully saturated rings. The molecule has 7 heteroatoms. The van der Waals surface area contributed by atoms with Crippen LogP contribution in [0.2, 0.25) is 0 Å². The molecule has 2 aromatic rings. The standard InChI is InChI=1S/C15H18N4O3/c1-10(13-7-4-8-22-13)16-14(20)9-19-15(21)11-5-2-3-6-12(11)17-18-19/h2-3,5-6,10,13H,4,7-9H2,1H3,(H,16,20)/t10-,13+/m1/s1. The van der Waals surface area contributed by atoms with Gasteiger partial charge in [-0.2, -0.15) is 0 Å². The van der Waals surface area contributed by atoms with Crippen LogP contribution in [0.25, 0.3) is 10.9 Å². The van der Waals surface area contributed by atoms with E-state index >= 15 is 0 Å². The highest BCUT2D eigenvalue weighted by molar-refractivity contribution is 5.78. The third kappa shape index (κ3) is 2.99. The van der Waals surface area contributed by atoms with Gasteiger partial charge < -0.3 is 10.1 Å². The predicted molar refractivity (Wildman–Crippen MR) is 80.4 cm³/mol. The van der Waals surface area contributed by atoms with Crippen LogP contribution in [0.3, 0.4) is 0 Å². The van der Waals surface area contributed by atoms with Crippen molar-refractivity contribution < 1.29 is 9.53 Å². The van der Waals surface area contributed by atoms with Crippen molar-refractivity contribution in [3.05, 3.63) is 34.6 Å². The Balaban J connectivity index is 1.71. The summed E-state index contributed by atoms with van der Waals surface area (Å²) >= 11 is 0. The average Bonchev–Trinajstić information content (AvgIpc) is 3.05. The maximum absolute atomic E-state index is 12.3. The van der Waals surface area contributed by atoms with Gasteiger partial charge in [0.25, 0.3) is 5.56 Å². The van der Waals surface area contributed by atoms with E-state index in [1.54, 1.807) is 24.3 Å². The summed E-state index contributed by atoms with van der Waals surface area (Å²) in [7, 11) is 0. The van der Waals surface area contributed by atoms with E-state index in [0.29, 0.717) is 10.9 Å². The molecule has 1 saturated heterocycles. The van der Waals surface area contributed by atoms with Crippen molar-refractivity contribution in [1.82, 2.24) is 20.3 Å². The van der Waals surface area contributed by atoms with Gasteiger partial charge in [0.1, 0.15) is 12.1 Å². The van der Waals surface area contributed by atoms with Crippen molar-refractivity contribution in [3.8, 4) is 0 Å². The lowest BCUT2D eigenvalue weighted by Gasteiger charge is -2.19. The number of amides is 1. The first-order valence-corrected chi connectivity index (χ1v) is 7.38. The van der Waals surface area contributed by atoms with Gasteiger partial charge in [0.15, 0.2) is 0 Å². The third-order valence-corrected chi connectivity index (χ3v) is 3.83. The maximum Gasteiger partial charge on any atom is 0.278 e. The Labute approximate surface area is 127 Å². The summed E-state index contributed by atoms with van der Waals surface area (Å²) in [6.07, 6.45) is 2.00. The van der Waals surface area contributed by atoms with Crippen LogP contribution < -0.4 is 10.9 Å². The molecule has 116 valence electrons. The van der Waals surface area contributed by atoms with Gasteiger partial charge in [-0.25, -0.2) is 4.68 Å². The van der Waals surface area contributed by atoms with Crippen LogP contribution in [-0.4, -0.2) is 39.7 Å². The van der Waals surface area contributed by atoms with Gasteiger partial charge in [-0.05, 0) is 31.9 Å². The van der Waals surface area contributed by atoms with Crippen LogP contribution in [0, 0.1) is 0 Å². The van der Waals surface area contributed by atoms with Gasteiger partial charge in [-0.1, -0.05) is 17.3 Å². The Kier molecular flexibility index (Phi) is 4.15. The van der Waals surface area contributed by atoms with Crippen LogP contribution in [-0.2, 0) is 16.1 Å². The molecule has 0 aliphatic carbocycles. The molecule has 1 aliphatic heterocycles. The molecule has 1 N–H and O–H groups in total. The summed E-state index contributed by atoms with van der Waals surface area (Å²) in [6.45, 7) is 2.50. The number of carbonyl (C=O) groups is 1. The second-order valence-corrected chi connectivity index (χ2v) is 5.48. The molecular formula is C15H18N4O3. The van der Waals surface area contributed by atoms with E-state index in [1.807, 2.05) is 6.92 Å². The summed E-state index contributed by atoms with van der Waals surface area (Å²) in [5.41, 5.74) is 0.211. The molecule has 22 heavy (non-hydrogen) atoms. The lowest BCUT2D eigenvalue weighted by atomic mass is 10.1. The van der Waals surface area contributed by atoms with Gasteiger partial charge in [-0.15, -0.1) is 5.10 Å². The lowest BCUT2D eigenvalue weighted by Crippen LogP contribution is -2.43. The number of nitrogens with zero attached hydrogens (tertiary/aromatic N) is 3. The highest BCUT2D eigenvalue weighted by atomic mass is 16.5. The summed E-state index contributed by atoms with van der Waals surface area (Å²) in [4.78, 5) is 24.3. The van der Waals surface area contributed by atoms with E-state index in [2.05, 4.69) is 15.6 Å². The zero-order valence-electron chi connectivity index (χ0n) is 12.4. The van der Waals surface area contributed by atoms with Crippen molar-refractivity contribution in [2.75, 3.05) is 6.61 Å². The molecule has 0 radical (unpaired) electrons. The highest BCUT2D eigenvalue weighted by Crippen LogP contribution is 2.15. The SMILES string of the molecule is C[C@@H](NC(=O)Cn1nnc2ccccc2c1=O)[C@@H]1CCCO1. The molecule has 0 unspecified atom stereocenters. The molecular weight excluding hydrogens is 284 g/mol. The number of nitrogens with one attached hydrogen (secondary N) is 1. The molecule has 2 atom stereocenters. The zero-order chi connectivity index (χ0) is 15.5. The second kappa shape index (κ2) is 6.23. The summed E-state index contributed by atoms with van der Waals surface area (Å²) in [5, 5.41) is 11.1.